The number of ether oxygens (including phenoxy) is 3. The van der Waals surface area contributed by atoms with Crippen LogP contribution < -0.4 is 5.69 Å². The quantitative estimate of drug-likeness (QED) is 0.719. The lowest BCUT2D eigenvalue weighted by Gasteiger charge is -2.23. The Kier molecular flexibility index (Phi) is 2.27. The van der Waals surface area contributed by atoms with Crippen LogP contribution in [-0.4, -0.2) is 43.2 Å². The van der Waals surface area contributed by atoms with E-state index in [1.807, 2.05) is 18.4 Å². The molecule has 8 nitrogen and oxygen atoms in total. The van der Waals surface area contributed by atoms with Crippen molar-refractivity contribution >= 4 is 23.4 Å². The van der Waals surface area contributed by atoms with E-state index in [2.05, 4.69) is 9.97 Å². The van der Waals surface area contributed by atoms with E-state index >= 15 is 0 Å². The first kappa shape index (κ1) is 12.9. The Morgan fingerprint density at radius 3 is 3.00 bits per heavy atom. The van der Waals surface area contributed by atoms with E-state index in [-0.39, 0.29) is 24.0 Å². The highest BCUT2D eigenvalue weighted by Gasteiger charge is 2.57. The van der Waals surface area contributed by atoms with Gasteiger partial charge in [0, 0.05) is 0 Å². The molecule has 5 rings (SSSR count). The van der Waals surface area contributed by atoms with Crippen LogP contribution in [0.25, 0.3) is 11.2 Å². The SMILES string of the molecule is CC1(C)OC2C3Cn4cnc5c(=S)[nH]c(=O)n(c54)C(O3)C2O1. The molecular weight excluding hydrogens is 308 g/mol. The summed E-state index contributed by atoms with van der Waals surface area (Å²) in [5.41, 5.74) is 0.951. The summed E-state index contributed by atoms with van der Waals surface area (Å²) in [4.78, 5) is 19.5. The molecule has 0 spiro atoms. The van der Waals surface area contributed by atoms with E-state index in [4.69, 9.17) is 26.4 Å². The molecule has 0 aliphatic carbocycles. The minimum Gasteiger partial charge on any atom is -0.347 e. The highest BCUT2D eigenvalue weighted by atomic mass is 32.1. The minimum atomic E-state index is -0.683. The molecule has 4 unspecified atom stereocenters. The van der Waals surface area contributed by atoms with Gasteiger partial charge in [0.25, 0.3) is 0 Å². The maximum absolute atomic E-state index is 12.5. The minimum absolute atomic E-state index is 0.193. The molecule has 3 aliphatic rings. The molecule has 0 radical (unpaired) electrons. The molecule has 0 saturated carbocycles. The third kappa shape index (κ3) is 1.49. The predicted octanol–water partition coefficient (Wildman–Crippen LogP) is 0.687. The molecule has 2 aromatic rings. The van der Waals surface area contributed by atoms with Gasteiger partial charge in [0.2, 0.25) is 0 Å². The van der Waals surface area contributed by atoms with Gasteiger partial charge in [-0.3, -0.25) is 4.98 Å². The lowest BCUT2D eigenvalue weighted by molar-refractivity contribution is -0.196. The molecule has 9 heteroatoms. The summed E-state index contributed by atoms with van der Waals surface area (Å²) in [6, 6.07) is 0. The number of aromatic amines is 1. The van der Waals surface area contributed by atoms with Gasteiger partial charge in [-0.1, -0.05) is 12.2 Å². The molecule has 0 aromatic carbocycles. The van der Waals surface area contributed by atoms with Crippen molar-refractivity contribution in [3.8, 4) is 0 Å². The Labute approximate surface area is 129 Å². The number of rotatable bonds is 0. The van der Waals surface area contributed by atoms with Crippen LogP contribution in [-0.2, 0) is 20.8 Å². The van der Waals surface area contributed by atoms with Crippen molar-refractivity contribution in [1.29, 1.82) is 0 Å². The highest BCUT2D eigenvalue weighted by Crippen LogP contribution is 2.45. The summed E-state index contributed by atoms with van der Waals surface area (Å²) in [6.45, 7) is 4.29. The van der Waals surface area contributed by atoms with Gasteiger partial charge in [-0.2, -0.15) is 0 Å². The van der Waals surface area contributed by atoms with Gasteiger partial charge in [-0.25, -0.2) is 14.3 Å². The van der Waals surface area contributed by atoms with Gasteiger partial charge in [-0.15, -0.1) is 0 Å². The van der Waals surface area contributed by atoms with Gasteiger partial charge >= 0.3 is 5.69 Å². The number of nitrogens with one attached hydrogen (secondary N) is 1. The van der Waals surface area contributed by atoms with E-state index < -0.39 is 12.0 Å². The van der Waals surface area contributed by atoms with Gasteiger partial charge in [0.05, 0.1) is 12.9 Å². The fraction of sp³-hybridized carbons (Fsp3) is 0.615. The average molecular weight is 322 g/mol. The number of hydrogen-bond acceptors (Lipinski definition) is 6. The second-order valence-electron chi connectivity index (χ2n) is 6.33. The lowest BCUT2D eigenvalue weighted by atomic mass is 10.1. The van der Waals surface area contributed by atoms with Crippen molar-refractivity contribution in [3.05, 3.63) is 21.5 Å². The van der Waals surface area contributed by atoms with Crippen LogP contribution in [0.3, 0.4) is 0 Å². The van der Waals surface area contributed by atoms with Gasteiger partial charge < -0.3 is 18.8 Å². The molecule has 2 fully saturated rings. The van der Waals surface area contributed by atoms with Gasteiger partial charge in [0.1, 0.15) is 34.1 Å². The molecule has 0 amide bonds. The highest BCUT2D eigenvalue weighted by molar-refractivity contribution is 7.71. The van der Waals surface area contributed by atoms with Crippen LogP contribution >= 0.6 is 12.2 Å². The third-order valence-corrected chi connectivity index (χ3v) is 4.74. The van der Waals surface area contributed by atoms with E-state index in [1.54, 1.807) is 10.9 Å². The second-order valence-corrected chi connectivity index (χ2v) is 6.74. The van der Waals surface area contributed by atoms with Gasteiger partial charge in [-0.05, 0) is 13.8 Å². The lowest BCUT2D eigenvalue weighted by Crippen LogP contribution is -2.37. The number of hydrogen-bond donors (Lipinski definition) is 1. The molecule has 2 aromatic heterocycles. The zero-order chi connectivity index (χ0) is 15.2. The summed E-state index contributed by atoms with van der Waals surface area (Å²) >= 11 is 5.20. The van der Waals surface area contributed by atoms with Crippen LogP contribution in [0.1, 0.15) is 20.1 Å². The van der Waals surface area contributed by atoms with Crippen molar-refractivity contribution < 1.29 is 14.2 Å². The summed E-state index contributed by atoms with van der Waals surface area (Å²) in [5.74, 6) is -0.683. The maximum Gasteiger partial charge on any atom is 0.330 e. The normalized spacial score (nSPS) is 34.8. The maximum atomic E-state index is 12.5. The first-order chi connectivity index (χ1) is 10.4. The molecule has 5 heterocycles. The number of H-pyrrole nitrogens is 1. The molecular formula is C13H14N4O4S. The van der Waals surface area contributed by atoms with Crippen molar-refractivity contribution in [1.82, 2.24) is 19.1 Å². The molecule has 1 N–H and O–H groups in total. The molecule has 2 saturated heterocycles. The summed E-state index contributed by atoms with van der Waals surface area (Å²) < 4.78 is 21.8. The molecule has 3 aliphatic heterocycles. The van der Waals surface area contributed by atoms with Crippen LogP contribution in [0.15, 0.2) is 11.1 Å². The zero-order valence-electron chi connectivity index (χ0n) is 12.0. The number of fused-ring (bicyclic) bond motifs is 6. The Balaban J connectivity index is 1.80. The van der Waals surface area contributed by atoms with Crippen LogP contribution in [0.2, 0.25) is 0 Å². The van der Waals surface area contributed by atoms with Crippen LogP contribution in [0.4, 0.5) is 0 Å². The summed E-state index contributed by atoms with van der Waals surface area (Å²) in [7, 11) is 0. The average Bonchev–Trinajstić information content (AvgIpc) is 3.01. The molecule has 4 atom stereocenters. The standard InChI is InChI=1S/C13H14N4O4S/c1-13(2)20-7-5-3-16-4-14-6-9(22)15-12(18)17(10(6)16)11(19-5)8(7)21-13/h4-5,7-8,11H,3H2,1-2H3,(H,15,18,22). The van der Waals surface area contributed by atoms with Crippen molar-refractivity contribution in [2.24, 2.45) is 0 Å². The Morgan fingerprint density at radius 1 is 1.41 bits per heavy atom. The van der Waals surface area contributed by atoms with E-state index in [0.717, 1.165) is 0 Å². The van der Waals surface area contributed by atoms with Crippen molar-refractivity contribution in [3.63, 3.8) is 0 Å². The molecule has 22 heavy (non-hydrogen) atoms. The van der Waals surface area contributed by atoms with E-state index in [0.29, 0.717) is 22.3 Å². The molecule has 2 bridgehead atoms. The fourth-order valence-electron chi connectivity index (χ4n) is 3.68. The Bertz CT molecular complexity index is 913. The Morgan fingerprint density at radius 2 is 2.18 bits per heavy atom. The van der Waals surface area contributed by atoms with Gasteiger partial charge in [0.15, 0.2) is 12.0 Å². The third-order valence-electron chi connectivity index (χ3n) is 4.45. The number of imidazole rings is 1. The van der Waals surface area contributed by atoms with Crippen LogP contribution in [0, 0.1) is 4.64 Å². The zero-order valence-corrected chi connectivity index (χ0v) is 12.8. The van der Waals surface area contributed by atoms with E-state index in [9.17, 15) is 4.79 Å². The number of nitrogens with zero attached hydrogens (tertiary/aromatic N) is 3. The largest absolute Gasteiger partial charge is 0.347 e. The monoisotopic (exact) mass is 322 g/mol. The smallest absolute Gasteiger partial charge is 0.330 e. The van der Waals surface area contributed by atoms with Crippen molar-refractivity contribution in [2.45, 2.75) is 50.7 Å². The summed E-state index contributed by atoms with van der Waals surface area (Å²) in [5, 5.41) is 0. The first-order valence-corrected chi connectivity index (χ1v) is 7.56. The van der Waals surface area contributed by atoms with E-state index in [1.165, 1.54) is 0 Å². The number of aromatic nitrogens is 4. The molecule has 116 valence electrons. The summed E-state index contributed by atoms with van der Waals surface area (Å²) in [6.07, 6.45) is 0.415. The second kappa shape index (κ2) is 3.85. The van der Waals surface area contributed by atoms with Crippen molar-refractivity contribution in [2.75, 3.05) is 0 Å². The fourth-order valence-corrected chi connectivity index (χ4v) is 3.91. The van der Waals surface area contributed by atoms with Crippen LogP contribution in [0.5, 0.6) is 0 Å². The topological polar surface area (TPSA) is 83.3 Å². The Hall–Kier alpha value is -1.55. The predicted molar refractivity (Wildman–Crippen MR) is 76.9 cm³/mol. The first-order valence-electron chi connectivity index (χ1n) is 7.15.